The number of phenolic OH excluding ortho intramolecular Hbond substituents is 1. The van der Waals surface area contributed by atoms with E-state index in [1.54, 1.807) is 24.1 Å². The number of phenols is 1. The van der Waals surface area contributed by atoms with Gasteiger partial charge in [0.05, 0.1) is 8.60 Å². The third-order valence-corrected chi connectivity index (χ3v) is 4.47. The minimum Gasteiger partial charge on any atom is -0.507 e. The molecule has 0 saturated heterocycles. The minimum atomic E-state index is -0.590. The molecule has 0 spiro atoms. The Morgan fingerprint density at radius 3 is 2.76 bits per heavy atom. The third kappa shape index (κ3) is 2.02. The number of hydrogen-bond donors (Lipinski definition) is 1. The highest BCUT2D eigenvalue weighted by atomic mass is 127. The van der Waals surface area contributed by atoms with E-state index in [2.05, 4.69) is 0 Å². The van der Waals surface area contributed by atoms with E-state index in [9.17, 15) is 9.90 Å². The molecule has 0 aromatic heterocycles. The maximum Gasteiger partial charge on any atom is 0.150 e. The van der Waals surface area contributed by atoms with Gasteiger partial charge in [-0.3, -0.25) is 4.79 Å². The van der Waals surface area contributed by atoms with Gasteiger partial charge in [-0.25, -0.2) is 0 Å². The summed E-state index contributed by atoms with van der Waals surface area (Å²) in [5.41, 5.74) is 1.13. The normalized spacial score (nSPS) is 19.3. The summed E-state index contributed by atoms with van der Waals surface area (Å²) in [5.74, 6) is 0.133. The summed E-state index contributed by atoms with van der Waals surface area (Å²) in [6.45, 7) is 0. The molecule has 1 heterocycles. The summed E-state index contributed by atoms with van der Waals surface area (Å²) in [6, 6.07) is 3.33. The van der Waals surface area contributed by atoms with Crippen molar-refractivity contribution in [1.82, 2.24) is 0 Å². The van der Waals surface area contributed by atoms with Crippen LogP contribution in [-0.4, -0.2) is 23.9 Å². The lowest BCUT2D eigenvalue weighted by Crippen LogP contribution is -2.33. The van der Waals surface area contributed by atoms with Crippen molar-refractivity contribution < 1.29 is 9.90 Å². The number of carbonyl (C=O) groups excluding carboxylic acids is 1. The molecule has 1 atom stereocenters. The molecule has 2 rings (SSSR count). The molecule has 0 saturated carbocycles. The van der Waals surface area contributed by atoms with Crippen molar-refractivity contribution in [2.75, 3.05) is 11.9 Å². The van der Waals surface area contributed by atoms with Crippen LogP contribution >= 0.6 is 45.8 Å². The molecule has 0 amide bonds. The molecule has 0 fully saturated rings. The molecule has 1 N–H and O–H groups in total. The lowest BCUT2D eigenvalue weighted by molar-refractivity contribution is -0.104. The fourth-order valence-corrected chi connectivity index (χ4v) is 2.79. The van der Waals surface area contributed by atoms with Crippen LogP contribution in [0, 0.1) is 3.57 Å². The van der Waals surface area contributed by atoms with Gasteiger partial charge in [0.15, 0.2) is 6.29 Å². The number of hydrogen-bond acceptors (Lipinski definition) is 3. The van der Waals surface area contributed by atoms with E-state index >= 15 is 0 Å². The number of aromatic hydroxyl groups is 1. The van der Waals surface area contributed by atoms with Gasteiger partial charge in [-0.1, -0.05) is 23.2 Å². The van der Waals surface area contributed by atoms with Crippen molar-refractivity contribution in [2.24, 2.45) is 0 Å². The van der Waals surface area contributed by atoms with Crippen LogP contribution in [0.5, 0.6) is 5.75 Å². The molecule has 1 aliphatic rings. The lowest BCUT2D eigenvalue weighted by atomic mass is 10.0. The molecule has 1 aromatic carbocycles. The Kier molecular flexibility index (Phi) is 3.56. The fourth-order valence-electron chi connectivity index (χ4n) is 1.72. The average molecular weight is 384 g/mol. The predicted molar refractivity (Wildman–Crippen MR) is 77.7 cm³/mol. The largest absolute Gasteiger partial charge is 0.507 e. The second kappa shape index (κ2) is 4.66. The van der Waals surface area contributed by atoms with Gasteiger partial charge >= 0.3 is 0 Å². The van der Waals surface area contributed by atoms with E-state index in [-0.39, 0.29) is 5.75 Å². The van der Waals surface area contributed by atoms with Crippen molar-refractivity contribution in [2.45, 2.75) is 5.50 Å². The van der Waals surface area contributed by atoms with Crippen LogP contribution in [0.1, 0.15) is 5.56 Å². The Bertz CT molecular complexity index is 530. The number of alkyl halides is 1. The number of nitrogens with zero attached hydrogens (tertiary/aromatic N) is 1. The highest BCUT2D eigenvalue weighted by molar-refractivity contribution is 14.1. The molecular formula is C11H8Cl2INO2. The second-order valence-corrected chi connectivity index (χ2v) is 5.61. The summed E-state index contributed by atoms with van der Waals surface area (Å²) in [4.78, 5) is 12.7. The Hall–Kier alpha value is -0.460. The molecular weight excluding hydrogens is 376 g/mol. The van der Waals surface area contributed by atoms with Gasteiger partial charge in [0.2, 0.25) is 0 Å². The number of likely N-dealkylation sites (N-methyl/N-ethyl adjacent to an activating group) is 1. The molecule has 6 heteroatoms. The maximum atomic E-state index is 11.0. The number of anilines is 1. The van der Waals surface area contributed by atoms with Crippen molar-refractivity contribution in [3.63, 3.8) is 0 Å². The number of fused-ring (bicyclic) bond motifs is 1. The van der Waals surface area contributed by atoms with Gasteiger partial charge < -0.3 is 10.0 Å². The first-order valence-corrected chi connectivity index (χ1v) is 6.61. The summed E-state index contributed by atoms with van der Waals surface area (Å²) >= 11 is 14.3. The monoisotopic (exact) mass is 383 g/mol. The van der Waals surface area contributed by atoms with Crippen LogP contribution in [0.2, 0.25) is 0 Å². The first kappa shape index (κ1) is 13.0. The van der Waals surface area contributed by atoms with Crippen LogP contribution in [0.3, 0.4) is 0 Å². The molecule has 0 aliphatic carbocycles. The van der Waals surface area contributed by atoms with Crippen LogP contribution in [-0.2, 0) is 4.79 Å². The Balaban J connectivity index is 2.74. The van der Waals surface area contributed by atoms with E-state index in [4.69, 9.17) is 23.2 Å². The van der Waals surface area contributed by atoms with Crippen LogP contribution in [0.4, 0.5) is 5.69 Å². The van der Waals surface area contributed by atoms with E-state index in [1.807, 2.05) is 22.6 Å². The number of aldehydes is 1. The lowest BCUT2D eigenvalue weighted by Gasteiger charge is -2.32. The van der Waals surface area contributed by atoms with E-state index < -0.39 is 5.50 Å². The van der Waals surface area contributed by atoms with E-state index in [0.717, 1.165) is 5.69 Å². The molecule has 1 aliphatic heterocycles. The van der Waals surface area contributed by atoms with Gasteiger partial charge in [-0.2, -0.15) is 0 Å². The predicted octanol–water partition coefficient (Wildman–Crippen LogP) is 3.16. The Morgan fingerprint density at radius 1 is 1.53 bits per heavy atom. The van der Waals surface area contributed by atoms with Crippen molar-refractivity contribution >= 4 is 62.8 Å². The van der Waals surface area contributed by atoms with Gasteiger partial charge in [-0.15, -0.1) is 0 Å². The molecule has 1 unspecified atom stereocenters. The standard InChI is InChI=1S/C11H8Cl2INO2/c1-15-8-3-7(14)9(17)2-5(8)10(12)6(4-16)11(15)13/h2-4,11,17H,1H3. The Labute approximate surface area is 122 Å². The first-order chi connectivity index (χ1) is 7.97. The van der Waals surface area contributed by atoms with Gasteiger partial charge in [-0.05, 0) is 34.7 Å². The Morgan fingerprint density at radius 2 is 2.18 bits per heavy atom. The van der Waals surface area contributed by atoms with Gasteiger partial charge in [0.1, 0.15) is 11.3 Å². The van der Waals surface area contributed by atoms with Crippen molar-refractivity contribution in [3.05, 3.63) is 26.8 Å². The van der Waals surface area contributed by atoms with E-state index in [1.165, 1.54) is 0 Å². The highest BCUT2D eigenvalue weighted by Crippen LogP contribution is 2.42. The number of carbonyl (C=O) groups is 1. The molecule has 90 valence electrons. The summed E-state index contributed by atoms with van der Waals surface area (Å²) in [5, 5.41) is 9.97. The van der Waals surface area contributed by atoms with Gasteiger partial charge in [0.25, 0.3) is 0 Å². The van der Waals surface area contributed by atoms with E-state index in [0.29, 0.717) is 26.0 Å². The zero-order valence-electron chi connectivity index (χ0n) is 8.75. The molecule has 1 aromatic rings. The fraction of sp³-hybridized carbons (Fsp3) is 0.182. The average Bonchev–Trinajstić information content (AvgIpc) is 2.30. The SMILES string of the molecule is CN1c2cc(I)c(O)cc2C(Cl)=C(C=O)C1Cl. The number of rotatable bonds is 1. The first-order valence-electron chi connectivity index (χ1n) is 4.72. The zero-order valence-corrected chi connectivity index (χ0v) is 12.4. The summed E-state index contributed by atoms with van der Waals surface area (Å²) < 4.78 is 0.705. The topological polar surface area (TPSA) is 40.5 Å². The third-order valence-electron chi connectivity index (χ3n) is 2.66. The van der Waals surface area contributed by atoms with Crippen LogP contribution in [0.15, 0.2) is 17.7 Å². The highest BCUT2D eigenvalue weighted by Gasteiger charge is 2.29. The maximum absolute atomic E-state index is 11.0. The molecule has 3 nitrogen and oxygen atoms in total. The smallest absolute Gasteiger partial charge is 0.150 e. The molecule has 0 bridgehead atoms. The zero-order chi connectivity index (χ0) is 12.7. The van der Waals surface area contributed by atoms with Crippen LogP contribution in [0.25, 0.3) is 5.03 Å². The van der Waals surface area contributed by atoms with Crippen molar-refractivity contribution in [3.8, 4) is 5.75 Å². The molecule has 17 heavy (non-hydrogen) atoms. The number of benzene rings is 1. The van der Waals surface area contributed by atoms with Gasteiger partial charge in [0, 0.05) is 23.9 Å². The molecule has 0 radical (unpaired) electrons. The summed E-state index contributed by atoms with van der Waals surface area (Å²) in [6.07, 6.45) is 0.647. The minimum absolute atomic E-state index is 0.133. The van der Waals surface area contributed by atoms with Crippen molar-refractivity contribution in [1.29, 1.82) is 0 Å². The quantitative estimate of drug-likeness (QED) is 0.350. The van der Waals surface area contributed by atoms with Crippen LogP contribution < -0.4 is 4.90 Å². The number of halogens is 3. The second-order valence-electron chi connectivity index (χ2n) is 3.65. The summed E-state index contributed by atoms with van der Waals surface area (Å²) in [7, 11) is 1.77.